The minimum atomic E-state index is -0.353. The fourth-order valence-electron chi connectivity index (χ4n) is 3.23. The maximum Gasteiger partial charge on any atom is 0.254 e. The van der Waals surface area contributed by atoms with E-state index in [1.54, 1.807) is 0 Å². The zero-order valence-corrected chi connectivity index (χ0v) is 16.2. The number of thiocarbonyl (C=S) groups is 1. The number of morpholine rings is 1. The van der Waals surface area contributed by atoms with Crippen molar-refractivity contribution in [3.8, 4) is 5.75 Å². The van der Waals surface area contributed by atoms with Crippen LogP contribution >= 0.6 is 12.2 Å². The number of carbonyl (C=O) groups excluding carboxylic acids is 1. The molecule has 3 rings (SSSR count). The number of rotatable bonds is 4. The number of nitrogens with one attached hydrogen (secondary N) is 2. The van der Waals surface area contributed by atoms with Gasteiger partial charge in [0.2, 0.25) is 0 Å². The molecule has 2 aliphatic rings. The molecule has 0 unspecified atom stereocenters. The molecule has 1 atom stereocenters. The van der Waals surface area contributed by atoms with Crippen molar-refractivity contribution in [2.75, 3.05) is 26.3 Å². The van der Waals surface area contributed by atoms with Crippen LogP contribution in [0, 0.1) is 0 Å². The monoisotopic (exact) mass is 375 g/mol. The molecular formula is C19H25N3O3S. The Morgan fingerprint density at radius 2 is 2.00 bits per heavy atom. The third-order valence-electron chi connectivity index (χ3n) is 4.39. The van der Waals surface area contributed by atoms with Gasteiger partial charge in [-0.25, -0.2) is 0 Å². The average Bonchev–Trinajstić information content (AvgIpc) is 2.61. The molecule has 1 amide bonds. The number of hydrogen-bond donors (Lipinski definition) is 2. The lowest BCUT2D eigenvalue weighted by molar-refractivity contribution is -0.131. The molecule has 0 bridgehead atoms. The van der Waals surface area contributed by atoms with E-state index in [0.29, 0.717) is 37.0 Å². The Hall–Kier alpha value is -2.12. The molecule has 0 spiro atoms. The van der Waals surface area contributed by atoms with Gasteiger partial charge in [-0.1, -0.05) is 18.2 Å². The van der Waals surface area contributed by atoms with E-state index >= 15 is 0 Å². The number of nitrogens with zero attached hydrogens (tertiary/aromatic N) is 1. The number of carbonyl (C=O) groups is 1. The van der Waals surface area contributed by atoms with E-state index in [2.05, 4.69) is 10.6 Å². The Morgan fingerprint density at radius 1 is 1.31 bits per heavy atom. The first kappa shape index (κ1) is 18.7. The predicted octanol–water partition coefficient (Wildman–Crippen LogP) is 2.13. The second-order valence-corrected chi connectivity index (χ2v) is 7.09. The highest BCUT2D eigenvalue weighted by atomic mass is 32.1. The van der Waals surface area contributed by atoms with Gasteiger partial charge in [0.25, 0.3) is 5.91 Å². The van der Waals surface area contributed by atoms with Gasteiger partial charge in [0.1, 0.15) is 5.75 Å². The van der Waals surface area contributed by atoms with Crippen LogP contribution in [-0.4, -0.2) is 48.3 Å². The van der Waals surface area contributed by atoms with Gasteiger partial charge in [-0.05, 0) is 39.1 Å². The molecule has 1 fully saturated rings. The lowest BCUT2D eigenvalue weighted by Crippen LogP contribution is -2.49. The van der Waals surface area contributed by atoms with Crippen LogP contribution in [0.25, 0.3) is 0 Å². The summed E-state index contributed by atoms with van der Waals surface area (Å²) in [5, 5.41) is 6.85. The first-order chi connectivity index (χ1) is 12.5. The number of para-hydroxylation sites is 1. The molecule has 2 aliphatic heterocycles. The van der Waals surface area contributed by atoms with E-state index in [4.69, 9.17) is 21.7 Å². The SMILES string of the molecule is CC1=C(C(=O)N2CCOCC2)[C@@H](c2ccccc2OC(C)C)NC(=S)N1. The van der Waals surface area contributed by atoms with E-state index in [0.717, 1.165) is 17.0 Å². The Bertz CT molecular complexity index is 726. The van der Waals surface area contributed by atoms with Crippen molar-refractivity contribution in [1.82, 2.24) is 15.5 Å². The van der Waals surface area contributed by atoms with Crippen molar-refractivity contribution in [3.63, 3.8) is 0 Å². The molecule has 26 heavy (non-hydrogen) atoms. The van der Waals surface area contributed by atoms with Crippen LogP contribution in [-0.2, 0) is 9.53 Å². The number of amides is 1. The predicted molar refractivity (Wildman–Crippen MR) is 104 cm³/mol. The van der Waals surface area contributed by atoms with Crippen molar-refractivity contribution in [2.24, 2.45) is 0 Å². The molecule has 7 heteroatoms. The van der Waals surface area contributed by atoms with Gasteiger partial charge >= 0.3 is 0 Å². The first-order valence-electron chi connectivity index (χ1n) is 8.88. The fraction of sp³-hybridized carbons (Fsp3) is 0.474. The number of allylic oxidation sites excluding steroid dienone is 1. The Balaban J connectivity index is 1.99. The molecule has 0 saturated carbocycles. The fourth-order valence-corrected chi connectivity index (χ4v) is 3.50. The topological polar surface area (TPSA) is 62.8 Å². The number of ether oxygens (including phenoxy) is 2. The molecule has 0 radical (unpaired) electrons. The smallest absolute Gasteiger partial charge is 0.254 e. The zero-order chi connectivity index (χ0) is 18.7. The highest BCUT2D eigenvalue weighted by Crippen LogP contribution is 2.34. The van der Waals surface area contributed by atoms with Gasteiger partial charge in [0.05, 0.1) is 30.9 Å². The molecule has 0 aliphatic carbocycles. The van der Waals surface area contributed by atoms with E-state index in [-0.39, 0.29) is 18.1 Å². The van der Waals surface area contributed by atoms with Gasteiger partial charge in [-0.15, -0.1) is 0 Å². The molecule has 6 nitrogen and oxygen atoms in total. The van der Waals surface area contributed by atoms with Crippen LogP contribution in [0.5, 0.6) is 5.75 Å². The average molecular weight is 375 g/mol. The second kappa shape index (κ2) is 8.05. The summed E-state index contributed by atoms with van der Waals surface area (Å²) in [6.45, 7) is 8.17. The minimum absolute atomic E-state index is 0.00218. The minimum Gasteiger partial charge on any atom is -0.491 e. The van der Waals surface area contributed by atoms with Crippen molar-refractivity contribution < 1.29 is 14.3 Å². The van der Waals surface area contributed by atoms with Crippen LogP contribution in [0.15, 0.2) is 35.5 Å². The van der Waals surface area contributed by atoms with Crippen LogP contribution in [0.4, 0.5) is 0 Å². The molecule has 2 N–H and O–H groups in total. The highest BCUT2D eigenvalue weighted by molar-refractivity contribution is 7.80. The van der Waals surface area contributed by atoms with Gasteiger partial charge in [-0.3, -0.25) is 4.79 Å². The van der Waals surface area contributed by atoms with Gasteiger partial charge in [0, 0.05) is 24.4 Å². The lowest BCUT2D eigenvalue weighted by atomic mass is 9.93. The molecular weight excluding hydrogens is 350 g/mol. The maximum absolute atomic E-state index is 13.2. The van der Waals surface area contributed by atoms with Gasteiger partial charge in [0.15, 0.2) is 5.11 Å². The Morgan fingerprint density at radius 3 is 2.69 bits per heavy atom. The van der Waals surface area contributed by atoms with Crippen LogP contribution < -0.4 is 15.4 Å². The first-order valence-corrected chi connectivity index (χ1v) is 9.29. The van der Waals surface area contributed by atoms with Crippen molar-refractivity contribution >= 4 is 23.2 Å². The normalized spacial score (nSPS) is 20.7. The number of hydrogen-bond acceptors (Lipinski definition) is 4. The standard InChI is InChI=1S/C19H25N3O3S/c1-12(2)25-15-7-5-4-6-14(15)17-16(13(3)20-19(26)21-17)18(23)22-8-10-24-11-9-22/h4-7,12,17H,8-11H2,1-3H3,(H2,20,21,26)/t17-/m1/s1. The maximum atomic E-state index is 13.2. The molecule has 0 aromatic heterocycles. The summed E-state index contributed by atoms with van der Waals surface area (Å²) in [6.07, 6.45) is 0.0355. The lowest BCUT2D eigenvalue weighted by Gasteiger charge is -2.35. The van der Waals surface area contributed by atoms with E-state index in [1.165, 1.54) is 0 Å². The summed E-state index contributed by atoms with van der Waals surface area (Å²) in [5.74, 6) is 0.752. The largest absolute Gasteiger partial charge is 0.491 e. The number of benzene rings is 1. The van der Waals surface area contributed by atoms with Gasteiger partial charge < -0.3 is 25.0 Å². The van der Waals surface area contributed by atoms with Crippen LogP contribution in [0.3, 0.4) is 0 Å². The van der Waals surface area contributed by atoms with E-state index < -0.39 is 0 Å². The quantitative estimate of drug-likeness (QED) is 0.786. The van der Waals surface area contributed by atoms with E-state index in [1.807, 2.05) is 49.9 Å². The summed E-state index contributed by atoms with van der Waals surface area (Å²) in [6, 6.07) is 7.42. The molecule has 2 heterocycles. The molecule has 1 saturated heterocycles. The van der Waals surface area contributed by atoms with Crippen molar-refractivity contribution in [2.45, 2.75) is 32.9 Å². The summed E-state index contributed by atoms with van der Waals surface area (Å²) in [5.41, 5.74) is 2.34. The molecule has 140 valence electrons. The summed E-state index contributed by atoms with van der Waals surface area (Å²) in [7, 11) is 0. The Labute approximate surface area is 159 Å². The molecule has 1 aromatic rings. The Kier molecular flexibility index (Phi) is 5.78. The third kappa shape index (κ3) is 3.99. The third-order valence-corrected chi connectivity index (χ3v) is 4.61. The van der Waals surface area contributed by atoms with Crippen molar-refractivity contribution in [1.29, 1.82) is 0 Å². The zero-order valence-electron chi connectivity index (χ0n) is 15.4. The van der Waals surface area contributed by atoms with Crippen LogP contribution in [0.2, 0.25) is 0 Å². The van der Waals surface area contributed by atoms with Crippen molar-refractivity contribution in [3.05, 3.63) is 41.1 Å². The van der Waals surface area contributed by atoms with Gasteiger partial charge in [-0.2, -0.15) is 0 Å². The summed E-state index contributed by atoms with van der Waals surface area (Å²) < 4.78 is 11.3. The second-order valence-electron chi connectivity index (χ2n) is 6.68. The van der Waals surface area contributed by atoms with Crippen LogP contribution in [0.1, 0.15) is 32.4 Å². The summed E-state index contributed by atoms with van der Waals surface area (Å²) in [4.78, 5) is 15.1. The van der Waals surface area contributed by atoms with E-state index in [9.17, 15) is 4.79 Å². The highest BCUT2D eigenvalue weighted by Gasteiger charge is 2.34. The summed E-state index contributed by atoms with van der Waals surface area (Å²) >= 11 is 5.34. The molecule has 1 aromatic carbocycles.